The largest absolute Gasteiger partial charge is 0.317 e. The monoisotopic (exact) mass is 181 g/mol. The molecule has 0 radical (unpaired) electrons. The van der Waals surface area contributed by atoms with Gasteiger partial charge in [0.25, 0.3) is 0 Å². The maximum atomic E-state index is 9.96. The molecule has 0 aromatic heterocycles. The molecule has 0 bridgehead atoms. The maximum absolute atomic E-state index is 9.96. The summed E-state index contributed by atoms with van der Waals surface area (Å²) in [6.45, 7) is 4.25. The molecular weight excluding hydrogens is 166 g/mol. The highest BCUT2D eigenvalue weighted by molar-refractivity contribution is 7.74. The molecule has 2 N–H and O–H groups in total. The molecule has 0 saturated heterocycles. The number of rotatable bonds is 7. The van der Waals surface area contributed by atoms with Crippen molar-refractivity contribution in [2.24, 2.45) is 0 Å². The lowest BCUT2D eigenvalue weighted by Gasteiger charge is -2.00. The van der Waals surface area contributed by atoms with Crippen molar-refractivity contribution in [2.75, 3.05) is 19.7 Å². The Morgan fingerprint density at radius 1 is 1.55 bits per heavy atom. The quantitative estimate of drug-likeness (QED) is 0.444. The average Bonchev–Trinajstić information content (AvgIpc) is 1.96. The second-order valence-electron chi connectivity index (χ2n) is 2.14. The van der Waals surface area contributed by atoms with E-state index in [1.165, 1.54) is 0 Å². The molecule has 0 aliphatic heterocycles. The second-order valence-corrected chi connectivity index (χ2v) is 2.81. The summed E-state index contributed by atoms with van der Waals surface area (Å²) < 4.78 is 22.6. The van der Waals surface area contributed by atoms with Crippen molar-refractivity contribution in [2.45, 2.75) is 19.8 Å². The fourth-order valence-electron chi connectivity index (χ4n) is 0.629. The fraction of sp³-hybridized carbons (Fsp3) is 1.00. The van der Waals surface area contributed by atoms with Crippen LogP contribution in [0.4, 0.5) is 0 Å². The molecule has 5 heteroatoms. The second kappa shape index (κ2) is 8.13. The fourth-order valence-corrected chi connectivity index (χ4v) is 0.890. The van der Waals surface area contributed by atoms with Crippen LogP contribution in [0.25, 0.3) is 0 Å². The van der Waals surface area contributed by atoms with Crippen LogP contribution in [0.1, 0.15) is 19.8 Å². The molecule has 68 valence electrons. The van der Waals surface area contributed by atoms with Gasteiger partial charge in [-0.3, -0.25) is 8.74 Å². The van der Waals surface area contributed by atoms with Gasteiger partial charge in [-0.25, -0.2) is 0 Å². The molecule has 0 aromatic carbocycles. The Bertz CT molecular complexity index is 110. The molecule has 4 nitrogen and oxygen atoms in total. The first kappa shape index (κ1) is 11.0. The van der Waals surface area contributed by atoms with E-state index < -0.39 is 11.4 Å². The van der Waals surface area contributed by atoms with E-state index in [1.54, 1.807) is 0 Å². The maximum Gasteiger partial charge on any atom is 0.301 e. The molecule has 0 spiro atoms. The lowest BCUT2D eigenvalue weighted by atomic mass is 10.4. The predicted octanol–water partition coefficient (Wildman–Crippen LogP) is 0.529. The molecule has 1 atom stereocenters. The third-order valence-electron chi connectivity index (χ3n) is 1.11. The molecule has 0 aliphatic carbocycles. The predicted molar refractivity (Wildman–Crippen MR) is 44.5 cm³/mol. The normalized spacial score (nSPS) is 13.3. The first-order valence-electron chi connectivity index (χ1n) is 3.72. The minimum Gasteiger partial charge on any atom is -0.317 e. The van der Waals surface area contributed by atoms with Crippen molar-refractivity contribution in [1.82, 2.24) is 5.32 Å². The summed E-state index contributed by atoms with van der Waals surface area (Å²) in [6, 6.07) is 0. The SMILES string of the molecule is CCCNCCCOS(=O)O. The van der Waals surface area contributed by atoms with E-state index in [-0.39, 0.29) is 0 Å². The number of hydrogen-bond donors (Lipinski definition) is 2. The molecule has 0 rings (SSSR count). The van der Waals surface area contributed by atoms with Crippen molar-refractivity contribution < 1.29 is 12.9 Å². The highest BCUT2D eigenvalue weighted by Gasteiger charge is 1.91. The molecule has 0 aliphatic rings. The summed E-state index contributed by atoms with van der Waals surface area (Å²) in [5.74, 6) is 0. The first-order valence-corrected chi connectivity index (χ1v) is 4.75. The van der Waals surface area contributed by atoms with Crippen molar-refractivity contribution >= 4 is 11.4 Å². The lowest BCUT2D eigenvalue weighted by Crippen LogP contribution is -2.17. The highest BCUT2D eigenvalue weighted by Crippen LogP contribution is 1.83. The van der Waals surface area contributed by atoms with Gasteiger partial charge in [0.05, 0.1) is 6.61 Å². The molecule has 0 amide bonds. The van der Waals surface area contributed by atoms with E-state index in [1.807, 2.05) is 0 Å². The minimum absolute atomic E-state index is 0.333. The van der Waals surface area contributed by atoms with E-state index in [2.05, 4.69) is 16.4 Å². The zero-order valence-corrected chi connectivity index (χ0v) is 7.52. The van der Waals surface area contributed by atoms with Gasteiger partial charge in [0.15, 0.2) is 0 Å². The Hall–Kier alpha value is 0.0300. The van der Waals surface area contributed by atoms with Crippen LogP contribution < -0.4 is 5.32 Å². The van der Waals surface area contributed by atoms with Crippen LogP contribution in [0.5, 0.6) is 0 Å². The van der Waals surface area contributed by atoms with Gasteiger partial charge in [0.2, 0.25) is 0 Å². The first-order chi connectivity index (χ1) is 5.27. The van der Waals surface area contributed by atoms with Crippen molar-refractivity contribution in [3.63, 3.8) is 0 Å². The Labute approximate surface area is 69.8 Å². The molecule has 0 fully saturated rings. The van der Waals surface area contributed by atoms with Gasteiger partial charge < -0.3 is 5.32 Å². The summed E-state index contributed by atoms with van der Waals surface area (Å²) in [6.07, 6.45) is 1.87. The van der Waals surface area contributed by atoms with Gasteiger partial charge in [0.1, 0.15) is 0 Å². The van der Waals surface area contributed by atoms with Gasteiger partial charge >= 0.3 is 11.4 Å². The van der Waals surface area contributed by atoms with E-state index in [0.29, 0.717) is 6.61 Å². The molecule has 11 heavy (non-hydrogen) atoms. The standard InChI is InChI=1S/C6H15NO3S/c1-2-4-7-5-3-6-10-11(8)9/h7H,2-6H2,1H3,(H,8,9). The lowest BCUT2D eigenvalue weighted by molar-refractivity contribution is 0.299. The van der Waals surface area contributed by atoms with E-state index >= 15 is 0 Å². The smallest absolute Gasteiger partial charge is 0.301 e. The zero-order valence-electron chi connectivity index (χ0n) is 6.71. The van der Waals surface area contributed by atoms with Crippen molar-refractivity contribution in [1.29, 1.82) is 0 Å². The van der Waals surface area contributed by atoms with E-state index in [9.17, 15) is 4.21 Å². The van der Waals surface area contributed by atoms with Gasteiger partial charge in [-0.1, -0.05) is 6.92 Å². The number of nitrogens with one attached hydrogen (secondary N) is 1. The Morgan fingerprint density at radius 2 is 2.27 bits per heavy atom. The van der Waals surface area contributed by atoms with Crippen LogP contribution in [0.3, 0.4) is 0 Å². The van der Waals surface area contributed by atoms with Crippen molar-refractivity contribution in [3.8, 4) is 0 Å². The summed E-state index contributed by atoms with van der Waals surface area (Å²) in [4.78, 5) is 0. The Balaban J connectivity index is 2.85. The van der Waals surface area contributed by atoms with Gasteiger partial charge in [-0.05, 0) is 25.9 Å². The van der Waals surface area contributed by atoms with Crippen LogP contribution in [-0.4, -0.2) is 28.5 Å². The third-order valence-corrected chi connectivity index (χ3v) is 1.48. The van der Waals surface area contributed by atoms with Crippen LogP contribution in [-0.2, 0) is 15.5 Å². The summed E-state index contributed by atoms with van der Waals surface area (Å²) >= 11 is -2.10. The minimum atomic E-state index is -2.10. The highest BCUT2D eigenvalue weighted by atomic mass is 32.2. The van der Waals surface area contributed by atoms with Crippen LogP contribution in [0.15, 0.2) is 0 Å². The van der Waals surface area contributed by atoms with Crippen LogP contribution in [0, 0.1) is 0 Å². The Morgan fingerprint density at radius 3 is 2.82 bits per heavy atom. The molecule has 1 unspecified atom stereocenters. The summed E-state index contributed by atoms with van der Waals surface area (Å²) in [7, 11) is 0. The van der Waals surface area contributed by atoms with Crippen LogP contribution in [0.2, 0.25) is 0 Å². The van der Waals surface area contributed by atoms with Gasteiger partial charge in [-0.2, -0.15) is 4.21 Å². The zero-order chi connectivity index (χ0) is 8.53. The van der Waals surface area contributed by atoms with Gasteiger partial charge in [0, 0.05) is 0 Å². The third kappa shape index (κ3) is 10.0. The van der Waals surface area contributed by atoms with Crippen molar-refractivity contribution in [3.05, 3.63) is 0 Å². The summed E-state index contributed by atoms with van der Waals surface area (Å²) in [5, 5.41) is 3.15. The molecule has 0 aromatic rings. The topological polar surface area (TPSA) is 58.6 Å². The Kier molecular flexibility index (Phi) is 8.15. The van der Waals surface area contributed by atoms with E-state index in [0.717, 1.165) is 25.9 Å². The average molecular weight is 181 g/mol. The number of hydrogen-bond acceptors (Lipinski definition) is 3. The molecular formula is C6H15NO3S. The van der Waals surface area contributed by atoms with Gasteiger partial charge in [-0.15, -0.1) is 0 Å². The van der Waals surface area contributed by atoms with Crippen LogP contribution >= 0.6 is 0 Å². The molecule has 0 heterocycles. The molecule has 0 saturated carbocycles. The van der Waals surface area contributed by atoms with E-state index in [4.69, 9.17) is 4.55 Å². The summed E-state index contributed by atoms with van der Waals surface area (Å²) in [5.41, 5.74) is 0.